The average molecular weight is 293 g/mol. The Bertz CT molecular complexity index is 487. The van der Waals surface area contributed by atoms with Gasteiger partial charge in [-0.2, -0.15) is 0 Å². The molecule has 1 unspecified atom stereocenters. The van der Waals surface area contributed by atoms with E-state index in [1.807, 2.05) is 0 Å². The quantitative estimate of drug-likeness (QED) is 0.736. The van der Waals surface area contributed by atoms with Crippen molar-refractivity contribution in [3.05, 3.63) is 59.0 Å². The Morgan fingerprint density at radius 3 is 2.71 bits per heavy atom. The van der Waals surface area contributed by atoms with E-state index in [4.69, 9.17) is 4.42 Å². The zero-order chi connectivity index (χ0) is 12.3. The van der Waals surface area contributed by atoms with E-state index in [2.05, 4.69) is 66.2 Å². The van der Waals surface area contributed by atoms with Gasteiger partial charge in [-0.05, 0) is 31.0 Å². The first-order valence-electron chi connectivity index (χ1n) is 5.97. The van der Waals surface area contributed by atoms with Crippen LogP contribution in [0.25, 0.3) is 0 Å². The fourth-order valence-electron chi connectivity index (χ4n) is 1.90. The van der Waals surface area contributed by atoms with E-state index in [-0.39, 0.29) is 4.83 Å². The van der Waals surface area contributed by atoms with Gasteiger partial charge in [-0.25, -0.2) is 0 Å². The molecule has 1 aromatic carbocycles. The highest BCUT2D eigenvalue weighted by Gasteiger charge is 2.12. The van der Waals surface area contributed by atoms with Gasteiger partial charge in [0.25, 0.3) is 0 Å². The van der Waals surface area contributed by atoms with Gasteiger partial charge >= 0.3 is 0 Å². The van der Waals surface area contributed by atoms with Crippen molar-refractivity contribution in [2.45, 2.75) is 31.5 Å². The second kappa shape index (κ2) is 5.54. The molecule has 0 saturated heterocycles. The van der Waals surface area contributed by atoms with E-state index < -0.39 is 0 Å². The Morgan fingerprint density at radius 2 is 2.06 bits per heavy atom. The van der Waals surface area contributed by atoms with Crippen molar-refractivity contribution in [2.24, 2.45) is 0 Å². The van der Waals surface area contributed by atoms with Crippen molar-refractivity contribution in [2.75, 3.05) is 0 Å². The molecule has 0 N–H and O–H groups in total. The number of rotatable bonds is 4. The molecule has 2 aromatic rings. The standard InChI is InChI=1S/C15H17BrO/c1-3-13-7-8-15(17-13)14(16)10-12-6-4-5-11(2)9-12/h4-9,14H,3,10H2,1-2H3. The van der Waals surface area contributed by atoms with E-state index in [1.54, 1.807) is 0 Å². The minimum Gasteiger partial charge on any atom is -0.465 e. The molecule has 1 atom stereocenters. The molecule has 0 aliphatic carbocycles. The van der Waals surface area contributed by atoms with Gasteiger partial charge in [0, 0.05) is 6.42 Å². The van der Waals surface area contributed by atoms with Crippen LogP contribution in [0.5, 0.6) is 0 Å². The molecule has 17 heavy (non-hydrogen) atoms. The van der Waals surface area contributed by atoms with Crippen LogP contribution in [-0.2, 0) is 12.8 Å². The fraction of sp³-hybridized carbons (Fsp3) is 0.333. The summed E-state index contributed by atoms with van der Waals surface area (Å²) in [4.78, 5) is 0.254. The van der Waals surface area contributed by atoms with E-state index in [9.17, 15) is 0 Å². The van der Waals surface area contributed by atoms with Crippen molar-refractivity contribution >= 4 is 15.9 Å². The molecule has 0 spiro atoms. The summed E-state index contributed by atoms with van der Waals surface area (Å²) in [6.45, 7) is 4.22. The lowest BCUT2D eigenvalue weighted by molar-refractivity contribution is 0.467. The average Bonchev–Trinajstić information content (AvgIpc) is 2.77. The topological polar surface area (TPSA) is 13.1 Å². The van der Waals surface area contributed by atoms with Gasteiger partial charge in [-0.15, -0.1) is 0 Å². The number of halogens is 1. The van der Waals surface area contributed by atoms with Gasteiger partial charge in [0.1, 0.15) is 11.5 Å². The van der Waals surface area contributed by atoms with Crippen molar-refractivity contribution in [1.82, 2.24) is 0 Å². The lowest BCUT2D eigenvalue weighted by atomic mass is 10.1. The maximum Gasteiger partial charge on any atom is 0.118 e. The maximum absolute atomic E-state index is 5.75. The molecule has 0 radical (unpaired) electrons. The van der Waals surface area contributed by atoms with Crippen LogP contribution in [-0.4, -0.2) is 0 Å². The zero-order valence-electron chi connectivity index (χ0n) is 10.2. The molecule has 2 rings (SSSR count). The van der Waals surface area contributed by atoms with Crippen LogP contribution in [0.1, 0.15) is 34.4 Å². The lowest BCUT2D eigenvalue weighted by Crippen LogP contribution is -1.94. The van der Waals surface area contributed by atoms with Gasteiger partial charge in [0.05, 0.1) is 4.83 Å². The summed E-state index contributed by atoms with van der Waals surface area (Å²) >= 11 is 3.70. The summed E-state index contributed by atoms with van der Waals surface area (Å²) < 4.78 is 5.75. The number of benzene rings is 1. The van der Waals surface area contributed by atoms with Crippen molar-refractivity contribution < 1.29 is 4.42 Å². The van der Waals surface area contributed by atoms with Gasteiger partial charge in [0.2, 0.25) is 0 Å². The normalized spacial score (nSPS) is 12.6. The van der Waals surface area contributed by atoms with Crippen LogP contribution >= 0.6 is 15.9 Å². The zero-order valence-corrected chi connectivity index (χ0v) is 11.8. The molecule has 0 bridgehead atoms. The Labute approximate surface area is 111 Å². The van der Waals surface area contributed by atoms with Crippen LogP contribution in [0.4, 0.5) is 0 Å². The number of furan rings is 1. The fourth-order valence-corrected chi connectivity index (χ4v) is 2.52. The predicted molar refractivity (Wildman–Crippen MR) is 74.6 cm³/mol. The minimum absolute atomic E-state index is 0.254. The van der Waals surface area contributed by atoms with Gasteiger partial charge in [-0.3, -0.25) is 0 Å². The molecule has 0 amide bonds. The molecule has 1 nitrogen and oxygen atoms in total. The third-order valence-corrected chi connectivity index (χ3v) is 3.61. The van der Waals surface area contributed by atoms with Crippen LogP contribution in [0.3, 0.4) is 0 Å². The number of hydrogen-bond donors (Lipinski definition) is 0. The Morgan fingerprint density at radius 1 is 1.24 bits per heavy atom. The van der Waals surface area contributed by atoms with Gasteiger partial charge < -0.3 is 4.42 Å². The highest BCUT2D eigenvalue weighted by atomic mass is 79.9. The molecule has 1 aromatic heterocycles. The van der Waals surface area contributed by atoms with Gasteiger partial charge in [-0.1, -0.05) is 52.7 Å². The van der Waals surface area contributed by atoms with Crippen LogP contribution in [0, 0.1) is 6.92 Å². The van der Waals surface area contributed by atoms with Gasteiger partial charge in [0.15, 0.2) is 0 Å². The minimum atomic E-state index is 0.254. The Hall–Kier alpha value is -1.02. The van der Waals surface area contributed by atoms with Crippen molar-refractivity contribution in [3.8, 4) is 0 Å². The first-order valence-corrected chi connectivity index (χ1v) is 6.89. The summed E-state index contributed by atoms with van der Waals surface area (Å²) in [7, 11) is 0. The summed E-state index contributed by atoms with van der Waals surface area (Å²) in [6, 6.07) is 12.7. The molecule has 0 fully saturated rings. The van der Waals surface area contributed by atoms with Crippen LogP contribution in [0.15, 0.2) is 40.8 Å². The first-order chi connectivity index (χ1) is 8.19. The number of hydrogen-bond acceptors (Lipinski definition) is 1. The first kappa shape index (κ1) is 12.4. The second-order valence-electron chi connectivity index (χ2n) is 4.32. The summed E-state index contributed by atoms with van der Waals surface area (Å²) in [5.41, 5.74) is 2.64. The molecular formula is C15H17BrO. The summed E-state index contributed by atoms with van der Waals surface area (Å²) in [6.07, 6.45) is 1.91. The Balaban J connectivity index is 2.08. The molecule has 0 saturated carbocycles. The van der Waals surface area contributed by atoms with E-state index in [0.29, 0.717) is 0 Å². The van der Waals surface area contributed by atoms with E-state index >= 15 is 0 Å². The number of alkyl halides is 1. The van der Waals surface area contributed by atoms with Crippen LogP contribution in [0.2, 0.25) is 0 Å². The van der Waals surface area contributed by atoms with Crippen molar-refractivity contribution in [3.63, 3.8) is 0 Å². The third kappa shape index (κ3) is 3.22. The molecular weight excluding hydrogens is 276 g/mol. The SMILES string of the molecule is CCc1ccc(C(Br)Cc2cccc(C)c2)o1. The largest absolute Gasteiger partial charge is 0.465 e. The molecule has 90 valence electrons. The molecule has 1 heterocycles. The highest BCUT2D eigenvalue weighted by Crippen LogP contribution is 2.28. The third-order valence-electron chi connectivity index (χ3n) is 2.84. The van der Waals surface area contributed by atoms with Crippen LogP contribution < -0.4 is 0 Å². The van der Waals surface area contributed by atoms with Crippen molar-refractivity contribution in [1.29, 1.82) is 0 Å². The smallest absolute Gasteiger partial charge is 0.118 e. The Kier molecular flexibility index (Phi) is 4.06. The number of aryl methyl sites for hydroxylation is 2. The van der Waals surface area contributed by atoms with E-state index in [0.717, 1.165) is 24.4 Å². The molecule has 2 heteroatoms. The predicted octanol–water partition coefficient (Wildman–Crippen LogP) is 4.83. The van der Waals surface area contributed by atoms with E-state index in [1.165, 1.54) is 11.1 Å². The monoisotopic (exact) mass is 292 g/mol. The summed E-state index contributed by atoms with van der Waals surface area (Å²) in [5, 5.41) is 0. The maximum atomic E-state index is 5.75. The molecule has 0 aliphatic rings. The lowest BCUT2D eigenvalue weighted by Gasteiger charge is -2.07. The second-order valence-corrected chi connectivity index (χ2v) is 5.42. The molecule has 0 aliphatic heterocycles. The highest BCUT2D eigenvalue weighted by molar-refractivity contribution is 9.09. The summed E-state index contributed by atoms with van der Waals surface area (Å²) in [5.74, 6) is 2.07.